The van der Waals surface area contributed by atoms with Gasteiger partial charge in [-0.25, -0.2) is 4.98 Å². The van der Waals surface area contributed by atoms with Crippen molar-refractivity contribution in [3.63, 3.8) is 0 Å². The van der Waals surface area contributed by atoms with Gasteiger partial charge in [-0.2, -0.15) is 0 Å². The molecule has 5 nitrogen and oxygen atoms in total. The highest BCUT2D eigenvalue weighted by Crippen LogP contribution is 2.20. The molecule has 1 aliphatic heterocycles. The molecule has 1 aromatic rings. The van der Waals surface area contributed by atoms with E-state index in [0.717, 1.165) is 19.5 Å². The second-order valence-electron chi connectivity index (χ2n) is 4.58. The van der Waals surface area contributed by atoms with Crippen LogP contribution in [0.3, 0.4) is 0 Å². The summed E-state index contributed by atoms with van der Waals surface area (Å²) in [6.07, 6.45) is 4.39. The van der Waals surface area contributed by atoms with Crippen molar-refractivity contribution in [2.75, 3.05) is 13.1 Å². The fraction of sp³-hybridized carbons (Fsp3) is 0.636. The van der Waals surface area contributed by atoms with Crippen LogP contribution in [0, 0.1) is 5.92 Å². The summed E-state index contributed by atoms with van der Waals surface area (Å²) in [5.41, 5.74) is 6.37. The van der Waals surface area contributed by atoms with Crippen molar-refractivity contribution in [2.24, 2.45) is 18.7 Å². The smallest absolute Gasteiger partial charge is 0.274 e. The first-order valence-electron chi connectivity index (χ1n) is 5.60. The van der Waals surface area contributed by atoms with Crippen molar-refractivity contribution in [2.45, 2.75) is 19.4 Å². The second-order valence-corrected chi connectivity index (χ2v) is 4.58. The van der Waals surface area contributed by atoms with Crippen LogP contribution in [0.2, 0.25) is 0 Å². The molecule has 0 aliphatic carbocycles. The number of aromatic nitrogens is 2. The van der Waals surface area contributed by atoms with Crippen LogP contribution in [0.1, 0.15) is 23.8 Å². The van der Waals surface area contributed by atoms with Crippen LogP contribution in [-0.4, -0.2) is 39.5 Å². The lowest BCUT2D eigenvalue weighted by Gasteiger charge is -2.16. The lowest BCUT2D eigenvalue weighted by atomic mass is 10.0. The Balaban J connectivity index is 2.02. The van der Waals surface area contributed by atoms with Crippen molar-refractivity contribution in [1.82, 2.24) is 14.5 Å². The minimum Gasteiger partial charge on any atom is -0.340 e. The third kappa shape index (κ3) is 2.09. The van der Waals surface area contributed by atoms with Crippen molar-refractivity contribution >= 4 is 5.91 Å². The molecule has 1 amide bonds. The molecule has 2 atom stereocenters. The van der Waals surface area contributed by atoms with Crippen molar-refractivity contribution in [3.05, 3.63) is 18.2 Å². The highest BCUT2D eigenvalue weighted by atomic mass is 16.2. The van der Waals surface area contributed by atoms with Crippen LogP contribution in [0.5, 0.6) is 0 Å². The molecule has 2 unspecified atom stereocenters. The summed E-state index contributed by atoms with van der Waals surface area (Å²) in [6.45, 7) is 3.55. The number of rotatable bonds is 2. The molecule has 1 aromatic heterocycles. The van der Waals surface area contributed by atoms with E-state index in [2.05, 4.69) is 4.98 Å². The number of hydrogen-bond acceptors (Lipinski definition) is 3. The molecule has 2 N–H and O–H groups in total. The summed E-state index contributed by atoms with van der Waals surface area (Å²) >= 11 is 0. The van der Waals surface area contributed by atoms with E-state index in [-0.39, 0.29) is 11.9 Å². The first kappa shape index (κ1) is 11.1. The molecule has 0 saturated carbocycles. The fourth-order valence-corrected chi connectivity index (χ4v) is 2.09. The van der Waals surface area contributed by atoms with Crippen molar-refractivity contribution in [1.29, 1.82) is 0 Å². The zero-order valence-electron chi connectivity index (χ0n) is 9.76. The van der Waals surface area contributed by atoms with Crippen LogP contribution >= 0.6 is 0 Å². The van der Waals surface area contributed by atoms with Crippen LogP contribution in [0.15, 0.2) is 12.5 Å². The molecule has 5 heteroatoms. The predicted octanol–water partition coefficient (Wildman–Crippen LogP) is 0.229. The van der Waals surface area contributed by atoms with Crippen LogP contribution in [0.4, 0.5) is 0 Å². The Bertz CT molecular complexity index is 385. The van der Waals surface area contributed by atoms with E-state index < -0.39 is 0 Å². The van der Waals surface area contributed by atoms with E-state index >= 15 is 0 Å². The molecular formula is C11H18N4O. The topological polar surface area (TPSA) is 64.2 Å². The van der Waals surface area contributed by atoms with Gasteiger partial charge >= 0.3 is 0 Å². The summed E-state index contributed by atoms with van der Waals surface area (Å²) in [7, 11) is 1.86. The summed E-state index contributed by atoms with van der Waals surface area (Å²) in [5, 5.41) is 0. The number of hydrogen-bond donors (Lipinski definition) is 1. The minimum absolute atomic E-state index is 0.0174. The summed E-state index contributed by atoms with van der Waals surface area (Å²) < 4.78 is 1.78. The molecule has 0 spiro atoms. The third-order valence-electron chi connectivity index (χ3n) is 3.18. The quantitative estimate of drug-likeness (QED) is 0.779. The van der Waals surface area contributed by atoms with E-state index in [0.29, 0.717) is 11.6 Å². The van der Waals surface area contributed by atoms with Gasteiger partial charge in [-0.15, -0.1) is 0 Å². The Morgan fingerprint density at radius 1 is 1.69 bits per heavy atom. The number of carbonyl (C=O) groups excluding carboxylic acids is 1. The van der Waals surface area contributed by atoms with Gasteiger partial charge in [0.25, 0.3) is 5.91 Å². The largest absolute Gasteiger partial charge is 0.340 e. The standard InChI is InChI=1S/C11H18N4O/c1-8(12)9-3-4-15(5-9)11(16)10-6-14(2)7-13-10/h6-9H,3-5,12H2,1-2H3. The molecule has 16 heavy (non-hydrogen) atoms. The number of imidazole rings is 1. The molecular weight excluding hydrogens is 204 g/mol. The Morgan fingerprint density at radius 3 is 2.94 bits per heavy atom. The molecule has 2 rings (SSSR count). The summed E-state index contributed by atoms with van der Waals surface area (Å²) in [5.74, 6) is 0.441. The SMILES string of the molecule is CC(N)C1CCN(C(=O)c2cn(C)cn2)C1. The van der Waals surface area contributed by atoms with Gasteiger partial charge in [-0.1, -0.05) is 0 Å². The highest BCUT2D eigenvalue weighted by Gasteiger charge is 2.29. The van der Waals surface area contributed by atoms with Gasteiger partial charge < -0.3 is 15.2 Å². The van der Waals surface area contributed by atoms with Crippen LogP contribution in [0.25, 0.3) is 0 Å². The number of carbonyl (C=O) groups is 1. The Morgan fingerprint density at radius 2 is 2.44 bits per heavy atom. The highest BCUT2D eigenvalue weighted by molar-refractivity contribution is 5.92. The van der Waals surface area contributed by atoms with Crippen molar-refractivity contribution < 1.29 is 4.79 Å². The van der Waals surface area contributed by atoms with Gasteiger partial charge in [0.05, 0.1) is 6.33 Å². The van der Waals surface area contributed by atoms with Crippen molar-refractivity contribution in [3.8, 4) is 0 Å². The Kier molecular flexibility index (Phi) is 2.96. The molecule has 88 valence electrons. The van der Waals surface area contributed by atoms with E-state index in [1.54, 1.807) is 17.1 Å². The average molecular weight is 222 g/mol. The maximum atomic E-state index is 12.0. The zero-order valence-corrected chi connectivity index (χ0v) is 9.76. The number of amides is 1. The summed E-state index contributed by atoms with van der Waals surface area (Å²) in [4.78, 5) is 18.0. The van der Waals surface area contributed by atoms with E-state index in [9.17, 15) is 4.79 Å². The molecule has 0 aromatic carbocycles. The van der Waals surface area contributed by atoms with Gasteiger partial charge in [0, 0.05) is 32.4 Å². The molecule has 1 saturated heterocycles. The van der Waals surface area contributed by atoms with Crippen LogP contribution in [-0.2, 0) is 7.05 Å². The first-order valence-corrected chi connectivity index (χ1v) is 5.60. The lowest BCUT2D eigenvalue weighted by Crippen LogP contribution is -2.33. The maximum absolute atomic E-state index is 12.0. The molecule has 1 aliphatic rings. The monoisotopic (exact) mass is 222 g/mol. The molecule has 0 bridgehead atoms. The Labute approximate surface area is 95.2 Å². The normalized spacial score (nSPS) is 22.4. The van der Waals surface area contributed by atoms with E-state index in [1.165, 1.54) is 0 Å². The summed E-state index contributed by atoms with van der Waals surface area (Å²) in [6, 6.07) is 0.154. The number of nitrogens with two attached hydrogens (primary N) is 1. The molecule has 1 fully saturated rings. The van der Waals surface area contributed by atoms with Gasteiger partial charge in [-0.05, 0) is 19.3 Å². The van der Waals surface area contributed by atoms with Gasteiger partial charge in [0.2, 0.25) is 0 Å². The number of nitrogens with zero attached hydrogens (tertiary/aromatic N) is 3. The molecule has 0 radical (unpaired) electrons. The van der Waals surface area contributed by atoms with E-state index in [4.69, 9.17) is 5.73 Å². The maximum Gasteiger partial charge on any atom is 0.274 e. The van der Waals surface area contributed by atoms with Gasteiger partial charge in [-0.3, -0.25) is 4.79 Å². The second kappa shape index (κ2) is 4.25. The lowest BCUT2D eigenvalue weighted by molar-refractivity contribution is 0.0780. The first-order chi connectivity index (χ1) is 7.58. The van der Waals surface area contributed by atoms with Gasteiger partial charge in [0.1, 0.15) is 5.69 Å². The number of likely N-dealkylation sites (tertiary alicyclic amines) is 1. The zero-order chi connectivity index (χ0) is 11.7. The third-order valence-corrected chi connectivity index (χ3v) is 3.18. The predicted molar refractivity (Wildman–Crippen MR) is 60.9 cm³/mol. The van der Waals surface area contributed by atoms with Gasteiger partial charge in [0.15, 0.2) is 0 Å². The molecule has 2 heterocycles. The van der Waals surface area contributed by atoms with E-state index in [1.807, 2.05) is 18.9 Å². The average Bonchev–Trinajstić information content (AvgIpc) is 2.84. The fourth-order valence-electron chi connectivity index (χ4n) is 2.09. The minimum atomic E-state index is 0.0174. The van der Waals surface area contributed by atoms with Crippen LogP contribution < -0.4 is 5.73 Å². The number of aryl methyl sites for hydroxylation is 1. The Hall–Kier alpha value is -1.36.